The number of hydrogen-bond acceptors (Lipinski definition) is 1. The van der Waals surface area contributed by atoms with Gasteiger partial charge in [-0.3, -0.25) is 0 Å². The van der Waals surface area contributed by atoms with Crippen molar-refractivity contribution in [3.63, 3.8) is 0 Å². The SMILES string of the molecule is c1ccc2c(c1)-c1c(N(c3ccc4c5ccccc5c5ccccc5c4c3)c3cc4c(cc3-c3cccc5ccccc35)-c3ccccc3C43c4ccccc4-c4ccccc43)cccc1C21CCCC1. The smallest absolute Gasteiger partial charge is 0.0726 e. The molecule has 0 amide bonds. The van der Waals surface area contributed by atoms with Gasteiger partial charge in [0.2, 0.25) is 0 Å². The van der Waals surface area contributed by atoms with Gasteiger partial charge in [-0.15, -0.1) is 0 Å². The quantitative estimate of drug-likeness (QED) is 0.159. The number of benzene rings is 12. The summed E-state index contributed by atoms with van der Waals surface area (Å²) in [4.78, 5) is 2.69. The highest BCUT2D eigenvalue weighted by Crippen LogP contribution is 2.66. The average molecular weight is 902 g/mol. The van der Waals surface area contributed by atoms with Crippen LogP contribution in [0, 0.1) is 0 Å². The molecular formula is C70H47N. The van der Waals surface area contributed by atoms with Gasteiger partial charge in [0, 0.05) is 22.2 Å². The first kappa shape index (κ1) is 39.3. The largest absolute Gasteiger partial charge is 0.309 e. The molecule has 16 rings (SSSR count). The Morgan fingerprint density at radius 2 is 0.761 bits per heavy atom. The molecule has 4 aliphatic rings. The number of rotatable bonds is 4. The fourth-order valence-corrected chi connectivity index (χ4v) is 14.6. The van der Waals surface area contributed by atoms with E-state index in [9.17, 15) is 0 Å². The molecule has 1 fully saturated rings. The van der Waals surface area contributed by atoms with Crippen LogP contribution >= 0.6 is 0 Å². The minimum atomic E-state index is -0.519. The third-order valence-corrected chi connectivity index (χ3v) is 17.4. The first-order chi connectivity index (χ1) is 35.2. The Bertz CT molecular complexity index is 4170. The van der Waals surface area contributed by atoms with Crippen LogP contribution in [0.25, 0.3) is 87.6 Å². The molecule has 1 heteroatoms. The Morgan fingerprint density at radius 3 is 1.42 bits per heavy atom. The summed E-state index contributed by atoms with van der Waals surface area (Å²) < 4.78 is 0. The monoisotopic (exact) mass is 901 g/mol. The summed E-state index contributed by atoms with van der Waals surface area (Å²) in [5, 5.41) is 10.1. The first-order valence-corrected chi connectivity index (χ1v) is 25.6. The molecule has 0 atom stereocenters. The van der Waals surface area contributed by atoms with E-state index in [1.807, 2.05) is 0 Å². The Kier molecular flexibility index (Phi) is 8.04. The third kappa shape index (κ3) is 5.10. The van der Waals surface area contributed by atoms with Crippen molar-refractivity contribution in [3.05, 3.63) is 270 Å². The fraction of sp³-hybridized carbons (Fsp3) is 0.0857. The Balaban J connectivity index is 1.09. The molecule has 71 heavy (non-hydrogen) atoms. The van der Waals surface area contributed by atoms with Crippen LogP contribution in [-0.4, -0.2) is 0 Å². The summed E-state index contributed by atoms with van der Waals surface area (Å²) in [6.07, 6.45) is 4.84. The molecule has 12 aromatic carbocycles. The van der Waals surface area contributed by atoms with Crippen molar-refractivity contribution < 1.29 is 0 Å². The predicted octanol–water partition coefficient (Wildman–Crippen LogP) is 18.6. The van der Waals surface area contributed by atoms with Gasteiger partial charge in [-0.05, 0) is 153 Å². The maximum atomic E-state index is 2.69. The van der Waals surface area contributed by atoms with Crippen LogP contribution in [-0.2, 0) is 10.8 Å². The van der Waals surface area contributed by atoms with Crippen molar-refractivity contribution in [2.24, 2.45) is 0 Å². The standard InChI is InChI=1S/C70H47N/c1-2-21-46-44(19-1)20-17-30-47(46)59-42-58-55-28-9-14-34-63(55)70(61-32-12-7-26-53(61)54-27-8-13-33-62(54)70)65(58)43-67(59)71(66-36-18-35-64-68(66)56-29-10-11-31-60(56)69(64)39-15-16-40-69)45-37-38-52-50-24-4-3-22-48(50)49-23-5-6-25-51(49)57(52)41-45/h1-14,17-38,41-43H,15-16,39-40H2. The van der Waals surface area contributed by atoms with Gasteiger partial charge in [-0.1, -0.05) is 219 Å². The highest BCUT2D eigenvalue weighted by Gasteiger charge is 2.52. The molecule has 0 bridgehead atoms. The van der Waals surface area contributed by atoms with Gasteiger partial charge < -0.3 is 4.90 Å². The van der Waals surface area contributed by atoms with Gasteiger partial charge >= 0.3 is 0 Å². The highest BCUT2D eigenvalue weighted by molar-refractivity contribution is 6.26. The number of fused-ring (bicyclic) bond motifs is 22. The van der Waals surface area contributed by atoms with E-state index in [-0.39, 0.29) is 5.41 Å². The first-order valence-electron chi connectivity index (χ1n) is 25.6. The molecule has 1 nitrogen and oxygen atoms in total. The zero-order valence-electron chi connectivity index (χ0n) is 39.3. The van der Waals surface area contributed by atoms with Gasteiger partial charge in [0.15, 0.2) is 0 Å². The van der Waals surface area contributed by atoms with E-state index < -0.39 is 5.41 Å². The lowest BCUT2D eigenvalue weighted by atomic mass is 9.70. The summed E-state index contributed by atoms with van der Waals surface area (Å²) in [6, 6.07) is 90.7. The molecule has 0 aliphatic heterocycles. The lowest BCUT2D eigenvalue weighted by Gasteiger charge is -2.34. The van der Waals surface area contributed by atoms with Crippen LogP contribution in [0.1, 0.15) is 59.1 Å². The van der Waals surface area contributed by atoms with E-state index in [1.165, 1.54) is 158 Å². The van der Waals surface area contributed by atoms with Gasteiger partial charge in [0.25, 0.3) is 0 Å². The molecule has 4 aliphatic carbocycles. The Labute approximate surface area is 413 Å². The molecule has 0 heterocycles. The molecule has 1 saturated carbocycles. The highest BCUT2D eigenvalue weighted by atomic mass is 15.1. The van der Waals surface area contributed by atoms with E-state index in [0.717, 1.165) is 5.69 Å². The molecule has 0 N–H and O–H groups in total. The minimum Gasteiger partial charge on any atom is -0.309 e. The van der Waals surface area contributed by atoms with Crippen molar-refractivity contribution >= 4 is 60.2 Å². The molecule has 0 radical (unpaired) electrons. The summed E-state index contributed by atoms with van der Waals surface area (Å²) in [5.41, 5.74) is 21.8. The topological polar surface area (TPSA) is 3.24 Å². The molecule has 0 unspecified atom stereocenters. The van der Waals surface area contributed by atoms with E-state index in [2.05, 4.69) is 241 Å². The van der Waals surface area contributed by atoms with Crippen LogP contribution in [0.5, 0.6) is 0 Å². The van der Waals surface area contributed by atoms with Crippen molar-refractivity contribution in [2.75, 3.05) is 4.90 Å². The van der Waals surface area contributed by atoms with Crippen LogP contribution in [0.2, 0.25) is 0 Å². The number of anilines is 3. The molecule has 0 saturated heterocycles. The lowest BCUT2D eigenvalue weighted by Crippen LogP contribution is -2.26. The predicted molar refractivity (Wildman–Crippen MR) is 298 cm³/mol. The van der Waals surface area contributed by atoms with Gasteiger partial charge in [0.05, 0.1) is 16.8 Å². The second-order valence-electron chi connectivity index (χ2n) is 20.5. The zero-order chi connectivity index (χ0) is 46.4. The summed E-state index contributed by atoms with van der Waals surface area (Å²) in [7, 11) is 0. The summed E-state index contributed by atoms with van der Waals surface area (Å²) in [5.74, 6) is 0. The maximum Gasteiger partial charge on any atom is 0.0726 e. The van der Waals surface area contributed by atoms with E-state index >= 15 is 0 Å². The second-order valence-corrected chi connectivity index (χ2v) is 20.5. The fourth-order valence-electron chi connectivity index (χ4n) is 14.6. The van der Waals surface area contributed by atoms with Crippen LogP contribution < -0.4 is 4.90 Å². The number of nitrogens with zero attached hydrogens (tertiary/aromatic N) is 1. The lowest BCUT2D eigenvalue weighted by molar-refractivity contribution is 0.550. The molecule has 0 aromatic heterocycles. The average Bonchev–Trinajstić information content (AvgIpc) is 4.21. The number of hydrogen-bond donors (Lipinski definition) is 0. The normalized spacial score (nSPS) is 15.0. The van der Waals surface area contributed by atoms with Crippen LogP contribution in [0.15, 0.2) is 237 Å². The van der Waals surface area contributed by atoms with Crippen LogP contribution in [0.4, 0.5) is 17.1 Å². The molecule has 2 spiro atoms. The Morgan fingerprint density at radius 1 is 0.282 bits per heavy atom. The molecule has 12 aromatic rings. The Hall–Kier alpha value is -8.52. The van der Waals surface area contributed by atoms with Crippen molar-refractivity contribution in [2.45, 2.75) is 36.5 Å². The van der Waals surface area contributed by atoms with Crippen molar-refractivity contribution in [1.82, 2.24) is 0 Å². The molecule has 332 valence electrons. The summed E-state index contributed by atoms with van der Waals surface area (Å²) >= 11 is 0. The van der Waals surface area contributed by atoms with Crippen molar-refractivity contribution in [3.8, 4) is 44.5 Å². The van der Waals surface area contributed by atoms with Gasteiger partial charge in [-0.2, -0.15) is 0 Å². The van der Waals surface area contributed by atoms with E-state index in [0.29, 0.717) is 0 Å². The van der Waals surface area contributed by atoms with E-state index in [4.69, 9.17) is 0 Å². The second kappa shape index (κ2) is 14.5. The maximum absolute atomic E-state index is 2.69. The van der Waals surface area contributed by atoms with Gasteiger partial charge in [-0.25, -0.2) is 0 Å². The third-order valence-electron chi connectivity index (χ3n) is 17.4. The summed E-state index contributed by atoms with van der Waals surface area (Å²) in [6.45, 7) is 0. The molecular weight excluding hydrogens is 855 g/mol. The van der Waals surface area contributed by atoms with Gasteiger partial charge in [0.1, 0.15) is 0 Å². The van der Waals surface area contributed by atoms with Crippen molar-refractivity contribution in [1.29, 1.82) is 0 Å². The minimum absolute atomic E-state index is 0.00543. The van der Waals surface area contributed by atoms with Crippen LogP contribution in [0.3, 0.4) is 0 Å². The zero-order valence-corrected chi connectivity index (χ0v) is 39.3. The van der Waals surface area contributed by atoms with E-state index in [1.54, 1.807) is 0 Å².